The van der Waals surface area contributed by atoms with Crippen LogP contribution in [0.5, 0.6) is 5.75 Å². The number of carbonyl (C=O) groups is 1. The van der Waals surface area contributed by atoms with E-state index in [0.717, 1.165) is 18.9 Å². The number of rotatable bonds is 6. The van der Waals surface area contributed by atoms with E-state index in [-0.39, 0.29) is 41.8 Å². The fraction of sp³-hybridized carbons (Fsp3) is 0.500. The summed E-state index contributed by atoms with van der Waals surface area (Å²) < 4.78 is 37.2. The highest BCUT2D eigenvalue weighted by molar-refractivity contribution is 6.17. The number of hydrogen-bond donors (Lipinski definition) is 0. The number of ether oxygens (including phenoxy) is 2. The highest BCUT2D eigenvalue weighted by Gasteiger charge is 2.45. The van der Waals surface area contributed by atoms with Crippen molar-refractivity contribution in [3.63, 3.8) is 0 Å². The van der Waals surface area contributed by atoms with Crippen molar-refractivity contribution in [3.05, 3.63) is 29.3 Å². The van der Waals surface area contributed by atoms with Crippen LogP contribution in [0.15, 0.2) is 12.1 Å². The van der Waals surface area contributed by atoms with Crippen molar-refractivity contribution in [3.8, 4) is 5.75 Å². The lowest BCUT2D eigenvalue weighted by atomic mass is 10.1. The van der Waals surface area contributed by atoms with E-state index in [1.165, 1.54) is 13.0 Å². The van der Waals surface area contributed by atoms with Gasteiger partial charge >= 0.3 is 5.97 Å². The highest BCUT2D eigenvalue weighted by Crippen LogP contribution is 2.46. The SMILES string of the molecule is CC(=O)OCC1(COc2ccc(F)c(F)c2CCl)CC1. The van der Waals surface area contributed by atoms with Gasteiger partial charge in [-0.1, -0.05) is 0 Å². The van der Waals surface area contributed by atoms with Gasteiger partial charge in [0.15, 0.2) is 11.6 Å². The third-order valence-corrected chi connectivity index (χ3v) is 3.63. The summed E-state index contributed by atoms with van der Waals surface area (Å²) in [6.45, 7) is 1.91. The maximum absolute atomic E-state index is 13.5. The van der Waals surface area contributed by atoms with Crippen LogP contribution in [0.25, 0.3) is 0 Å². The molecule has 0 aromatic heterocycles. The van der Waals surface area contributed by atoms with E-state index in [2.05, 4.69) is 0 Å². The third-order valence-electron chi connectivity index (χ3n) is 3.36. The molecule has 0 aliphatic heterocycles. The quantitative estimate of drug-likeness (QED) is 0.597. The smallest absolute Gasteiger partial charge is 0.302 e. The van der Waals surface area contributed by atoms with Crippen molar-refractivity contribution < 1.29 is 23.0 Å². The van der Waals surface area contributed by atoms with Gasteiger partial charge in [0.25, 0.3) is 0 Å². The standard InChI is InChI=1S/C14H15ClF2O3/c1-9(18)19-7-14(4-5-14)8-20-12-3-2-11(16)13(17)10(12)6-15/h2-3H,4-8H2,1H3. The van der Waals surface area contributed by atoms with E-state index >= 15 is 0 Å². The monoisotopic (exact) mass is 304 g/mol. The van der Waals surface area contributed by atoms with E-state index in [9.17, 15) is 13.6 Å². The Morgan fingerprint density at radius 1 is 1.35 bits per heavy atom. The minimum atomic E-state index is -0.984. The van der Waals surface area contributed by atoms with E-state index < -0.39 is 11.6 Å². The molecule has 1 aromatic carbocycles. The molecule has 0 unspecified atom stereocenters. The fourth-order valence-electron chi connectivity index (χ4n) is 1.83. The van der Waals surface area contributed by atoms with E-state index in [4.69, 9.17) is 21.1 Å². The molecule has 3 nitrogen and oxygen atoms in total. The molecule has 0 saturated heterocycles. The first-order valence-corrected chi connectivity index (χ1v) is 6.80. The second kappa shape index (κ2) is 5.95. The maximum Gasteiger partial charge on any atom is 0.302 e. The molecule has 1 aromatic rings. The Morgan fingerprint density at radius 2 is 2.05 bits per heavy atom. The minimum absolute atomic E-state index is 0.00922. The number of carbonyl (C=O) groups excluding carboxylic acids is 1. The van der Waals surface area contributed by atoms with Crippen molar-refractivity contribution in [1.82, 2.24) is 0 Å². The van der Waals surface area contributed by atoms with Crippen LogP contribution in [0.2, 0.25) is 0 Å². The molecule has 0 spiro atoms. The normalized spacial score (nSPS) is 15.8. The van der Waals surface area contributed by atoms with Crippen LogP contribution in [0.3, 0.4) is 0 Å². The third kappa shape index (κ3) is 3.39. The van der Waals surface area contributed by atoms with Gasteiger partial charge in [0, 0.05) is 17.9 Å². The summed E-state index contributed by atoms with van der Waals surface area (Å²) >= 11 is 5.62. The summed E-state index contributed by atoms with van der Waals surface area (Å²) in [6.07, 6.45) is 1.75. The van der Waals surface area contributed by atoms with Crippen molar-refractivity contribution in [2.24, 2.45) is 5.41 Å². The Balaban J connectivity index is 2.01. The lowest BCUT2D eigenvalue weighted by molar-refractivity contribution is -0.143. The van der Waals surface area contributed by atoms with Gasteiger partial charge in [-0.3, -0.25) is 4.79 Å². The molecule has 1 aliphatic rings. The number of esters is 1. The van der Waals surface area contributed by atoms with Crippen LogP contribution >= 0.6 is 11.6 Å². The Labute approximate surface area is 120 Å². The predicted molar refractivity (Wildman–Crippen MR) is 69.7 cm³/mol. The Bertz CT molecular complexity index is 515. The molecular formula is C14H15ClF2O3. The largest absolute Gasteiger partial charge is 0.492 e. The molecule has 0 bridgehead atoms. The molecule has 1 saturated carbocycles. The highest BCUT2D eigenvalue weighted by atomic mass is 35.5. The van der Waals surface area contributed by atoms with Gasteiger partial charge in [-0.05, 0) is 25.0 Å². The fourth-order valence-corrected chi connectivity index (χ4v) is 2.08. The van der Waals surface area contributed by atoms with Crippen LogP contribution in [-0.4, -0.2) is 19.2 Å². The zero-order valence-electron chi connectivity index (χ0n) is 11.0. The Morgan fingerprint density at radius 3 is 2.60 bits per heavy atom. The molecular weight excluding hydrogens is 290 g/mol. The second-order valence-corrected chi connectivity index (χ2v) is 5.31. The summed E-state index contributed by atoms with van der Waals surface area (Å²) in [5.74, 6) is -2.22. The molecule has 6 heteroatoms. The summed E-state index contributed by atoms with van der Waals surface area (Å²) in [5.41, 5.74) is -0.199. The van der Waals surface area contributed by atoms with Gasteiger partial charge in [-0.2, -0.15) is 0 Å². The van der Waals surface area contributed by atoms with Crippen molar-refractivity contribution in [1.29, 1.82) is 0 Å². The molecule has 1 aliphatic carbocycles. The maximum atomic E-state index is 13.5. The van der Waals surface area contributed by atoms with E-state index in [0.29, 0.717) is 0 Å². The van der Waals surface area contributed by atoms with Gasteiger partial charge in [-0.25, -0.2) is 8.78 Å². The first kappa shape index (κ1) is 15.0. The molecule has 0 heterocycles. The molecule has 0 radical (unpaired) electrons. The van der Waals surface area contributed by atoms with Gasteiger partial charge < -0.3 is 9.47 Å². The van der Waals surface area contributed by atoms with Gasteiger partial charge in [0.2, 0.25) is 0 Å². The van der Waals surface area contributed by atoms with Crippen molar-refractivity contribution >= 4 is 17.6 Å². The Hall–Kier alpha value is -1.36. The topological polar surface area (TPSA) is 35.5 Å². The Kier molecular flexibility index (Phi) is 4.48. The van der Waals surface area contributed by atoms with E-state index in [1.807, 2.05) is 0 Å². The molecule has 0 amide bonds. The summed E-state index contributed by atoms with van der Waals surface area (Å²) in [5, 5.41) is 0. The van der Waals surface area contributed by atoms with E-state index in [1.54, 1.807) is 0 Å². The molecule has 2 rings (SSSR count). The van der Waals surface area contributed by atoms with Crippen LogP contribution in [0.1, 0.15) is 25.3 Å². The molecule has 1 fully saturated rings. The predicted octanol–water partition coefficient (Wildman–Crippen LogP) is 3.43. The summed E-state index contributed by atoms with van der Waals surface area (Å²) in [4.78, 5) is 10.8. The lowest BCUT2D eigenvalue weighted by Crippen LogP contribution is -2.21. The number of hydrogen-bond acceptors (Lipinski definition) is 3. The molecule has 0 atom stereocenters. The average Bonchev–Trinajstić information content (AvgIpc) is 3.18. The van der Waals surface area contributed by atoms with Crippen molar-refractivity contribution in [2.75, 3.05) is 13.2 Å². The van der Waals surface area contributed by atoms with Crippen LogP contribution in [0.4, 0.5) is 8.78 Å². The van der Waals surface area contributed by atoms with Gasteiger partial charge in [0.1, 0.15) is 12.4 Å². The first-order chi connectivity index (χ1) is 9.47. The van der Waals surface area contributed by atoms with Gasteiger partial charge in [0.05, 0.1) is 12.5 Å². The summed E-state index contributed by atoms with van der Waals surface area (Å²) in [6, 6.07) is 2.37. The second-order valence-electron chi connectivity index (χ2n) is 5.04. The zero-order chi connectivity index (χ0) is 14.8. The average molecular weight is 305 g/mol. The van der Waals surface area contributed by atoms with Crippen LogP contribution in [-0.2, 0) is 15.4 Å². The molecule has 20 heavy (non-hydrogen) atoms. The molecule has 0 N–H and O–H groups in total. The first-order valence-electron chi connectivity index (χ1n) is 6.26. The summed E-state index contributed by atoms with van der Waals surface area (Å²) in [7, 11) is 0. The van der Waals surface area contributed by atoms with Crippen molar-refractivity contribution in [2.45, 2.75) is 25.6 Å². The minimum Gasteiger partial charge on any atom is -0.492 e. The zero-order valence-corrected chi connectivity index (χ0v) is 11.8. The number of halogens is 3. The van der Waals surface area contributed by atoms with Crippen LogP contribution in [0, 0.1) is 17.0 Å². The van der Waals surface area contributed by atoms with Gasteiger partial charge in [-0.15, -0.1) is 11.6 Å². The number of benzene rings is 1. The lowest BCUT2D eigenvalue weighted by Gasteiger charge is -2.17. The number of alkyl halides is 1. The molecule has 110 valence electrons. The van der Waals surface area contributed by atoms with Crippen LogP contribution < -0.4 is 4.74 Å².